The van der Waals surface area contributed by atoms with Crippen molar-refractivity contribution in [2.24, 2.45) is 0 Å². The van der Waals surface area contributed by atoms with Crippen molar-refractivity contribution in [3.05, 3.63) is 60.3 Å². The summed E-state index contributed by atoms with van der Waals surface area (Å²) in [6.07, 6.45) is 0.565. The van der Waals surface area contributed by atoms with E-state index in [1.165, 1.54) is 0 Å². The number of aromatic amines is 1. The average Bonchev–Trinajstić information content (AvgIpc) is 3.49. The molecule has 10 nitrogen and oxygen atoms in total. The molecule has 44 heavy (non-hydrogen) atoms. The van der Waals surface area contributed by atoms with E-state index in [9.17, 15) is 18.8 Å². The third-order valence-electron chi connectivity index (χ3n) is 8.26. The molecule has 4 aromatic rings. The smallest absolute Gasteiger partial charge is 0.251 e. The summed E-state index contributed by atoms with van der Waals surface area (Å²) in [6.45, 7) is 3.00. The zero-order valence-corrected chi connectivity index (χ0v) is 24.1. The summed E-state index contributed by atoms with van der Waals surface area (Å²) in [5.74, 6) is 0.670. The van der Waals surface area contributed by atoms with Gasteiger partial charge in [0.1, 0.15) is 30.2 Å². The van der Waals surface area contributed by atoms with Gasteiger partial charge in [0.05, 0.1) is 12.1 Å². The van der Waals surface area contributed by atoms with Gasteiger partial charge in [-0.05, 0) is 42.0 Å². The third kappa shape index (κ3) is 6.49. The van der Waals surface area contributed by atoms with Crippen LogP contribution in [0.3, 0.4) is 0 Å². The fourth-order valence-electron chi connectivity index (χ4n) is 5.81. The lowest BCUT2D eigenvalue weighted by Gasteiger charge is -2.35. The summed E-state index contributed by atoms with van der Waals surface area (Å²) in [5, 5.41) is 19.8. The molecule has 0 unspecified atom stereocenters. The number of alkyl halides is 2. The van der Waals surface area contributed by atoms with Crippen molar-refractivity contribution in [2.75, 3.05) is 57.3 Å². The molecule has 2 saturated heterocycles. The Balaban J connectivity index is 1.12. The minimum absolute atomic E-state index is 0.127. The number of aliphatic hydroxyl groups excluding tert-OH is 1. The molecule has 0 saturated carbocycles. The number of rotatable bonds is 8. The van der Waals surface area contributed by atoms with E-state index in [1.807, 2.05) is 36.4 Å². The fourth-order valence-corrected chi connectivity index (χ4v) is 5.81. The van der Waals surface area contributed by atoms with Gasteiger partial charge in [-0.15, -0.1) is 0 Å². The number of halogens is 2. The van der Waals surface area contributed by atoms with Crippen LogP contribution in [0.15, 0.2) is 54.7 Å². The number of piperazine rings is 1. The van der Waals surface area contributed by atoms with Crippen LogP contribution >= 0.6 is 0 Å². The van der Waals surface area contributed by atoms with Gasteiger partial charge < -0.3 is 24.6 Å². The number of carbonyl (C=O) groups excluding carboxylic acids is 1. The molecule has 4 heterocycles. The predicted molar refractivity (Wildman–Crippen MR) is 161 cm³/mol. The number of piperidine rings is 1. The van der Waals surface area contributed by atoms with E-state index in [2.05, 4.69) is 20.9 Å². The van der Waals surface area contributed by atoms with Crippen molar-refractivity contribution >= 4 is 22.6 Å². The van der Waals surface area contributed by atoms with E-state index in [4.69, 9.17) is 14.8 Å². The van der Waals surface area contributed by atoms with Crippen molar-refractivity contribution in [1.29, 1.82) is 5.26 Å². The second kappa shape index (κ2) is 13.0. The number of likely N-dealkylation sites (tertiary alicyclic amines) is 1. The number of hydrogen-bond acceptors (Lipinski definition) is 8. The first-order chi connectivity index (χ1) is 21.4. The Bertz CT molecular complexity index is 1650. The molecule has 12 heteroatoms. The Kier molecular flexibility index (Phi) is 8.67. The molecule has 2 aromatic carbocycles. The summed E-state index contributed by atoms with van der Waals surface area (Å²) >= 11 is 0. The number of anilines is 1. The van der Waals surface area contributed by atoms with Crippen molar-refractivity contribution in [3.8, 4) is 34.5 Å². The van der Waals surface area contributed by atoms with E-state index in [-0.39, 0.29) is 18.6 Å². The SMILES string of the molecule is N#Cc1cc(-c2ncc3cc(-c4ccc(N5CCN(CC(F)F)CC5)cc4)[nH]c3n2)ccc1OC1CCN(C(=O)CO)CC1. The molecule has 0 atom stereocenters. The number of H-pyrrole nitrogens is 1. The largest absolute Gasteiger partial charge is 0.489 e. The maximum atomic E-state index is 12.7. The number of fused-ring (bicyclic) bond motifs is 1. The highest BCUT2D eigenvalue weighted by molar-refractivity contribution is 5.84. The molecule has 0 spiro atoms. The Morgan fingerprint density at radius 2 is 1.77 bits per heavy atom. The van der Waals surface area contributed by atoms with Crippen LogP contribution in [-0.2, 0) is 4.79 Å². The monoisotopic (exact) mass is 601 g/mol. The van der Waals surface area contributed by atoms with Crippen LogP contribution in [0.25, 0.3) is 33.7 Å². The first-order valence-electron chi connectivity index (χ1n) is 14.7. The first kappa shape index (κ1) is 29.5. The fraction of sp³-hybridized carbons (Fsp3) is 0.375. The van der Waals surface area contributed by atoms with Crippen LogP contribution in [0.1, 0.15) is 18.4 Å². The van der Waals surface area contributed by atoms with E-state index in [0.29, 0.717) is 80.5 Å². The molecule has 228 valence electrons. The van der Waals surface area contributed by atoms with Gasteiger partial charge in [-0.2, -0.15) is 5.26 Å². The van der Waals surface area contributed by atoms with Crippen LogP contribution in [0.2, 0.25) is 0 Å². The van der Waals surface area contributed by atoms with Gasteiger partial charge >= 0.3 is 0 Å². The molecule has 0 bridgehead atoms. The minimum Gasteiger partial charge on any atom is -0.489 e. The van der Waals surface area contributed by atoms with E-state index < -0.39 is 13.0 Å². The number of aliphatic hydroxyl groups is 1. The topological polar surface area (TPSA) is 122 Å². The van der Waals surface area contributed by atoms with Crippen LogP contribution in [0.5, 0.6) is 5.75 Å². The Morgan fingerprint density at radius 1 is 1.05 bits per heavy atom. The van der Waals surface area contributed by atoms with Gasteiger partial charge in [0.15, 0.2) is 5.82 Å². The molecule has 2 aliphatic rings. The summed E-state index contributed by atoms with van der Waals surface area (Å²) in [4.78, 5) is 30.0. The normalized spacial score (nSPS) is 16.4. The van der Waals surface area contributed by atoms with Gasteiger partial charge in [-0.3, -0.25) is 9.69 Å². The zero-order valence-electron chi connectivity index (χ0n) is 24.1. The number of nitrogens with one attached hydrogen (secondary N) is 1. The van der Waals surface area contributed by atoms with Crippen molar-refractivity contribution in [2.45, 2.75) is 25.4 Å². The van der Waals surface area contributed by atoms with Gasteiger partial charge in [0, 0.05) is 80.6 Å². The van der Waals surface area contributed by atoms with E-state index in [1.54, 1.807) is 28.1 Å². The second-order valence-electron chi connectivity index (χ2n) is 11.1. The van der Waals surface area contributed by atoms with Crippen LogP contribution < -0.4 is 9.64 Å². The molecule has 2 aliphatic heterocycles. The van der Waals surface area contributed by atoms with E-state index in [0.717, 1.165) is 22.3 Å². The summed E-state index contributed by atoms with van der Waals surface area (Å²) in [5.41, 5.74) is 4.69. The van der Waals surface area contributed by atoms with Crippen molar-refractivity contribution < 1.29 is 23.4 Å². The molecule has 1 amide bonds. The highest BCUT2D eigenvalue weighted by atomic mass is 19.3. The summed E-state index contributed by atoms with van der Waals surface area (Å²) in [7, 11) is 0. The average molecular weight is 602 g/mol. The molecule has 2 N–H and O–H groups in total. The van der Waals surface area contributed by atoms with Crippen molar-refractivity contribution in [1.82, 2.24) is 24.8 Å². The van der Waals surface area contributed by atoms with Gasteiger partial charge in [-0.1, -0.05) is 12.1 Å². The van der Waals surface area contributed by atoms with Gasteiger partial charge in [0.25, 0.3) is 6.43 Å². The van der Waals surface area contributed by atoms with Crippen LogP contribution in [0, 0.1) is 11.3 Å². The Labute approximate surface area is 253 Å². The quantitative estimate of drug-likeness (QED) is 0.312. The number of nitrogens with zero attached hydrogens (tertiary/aromatic N) is 6. The van der Waals surface area contributed by atoms with Crippen molar-refractivity contribution in [3.63, 3.8) is 0 Å². The molecular weight excluding hydrogens is 568 g/mol. The molecular formula is C32H33F2N7O3. The van der Waals surface area contributed by atoms with Crippen LogP contribution in [0.4, 0.5) is 14.5 Å². The number of ether oxygens (including phenoxy) is 1. The Morgan fingerprint density at radius 3 is 2.45 bits per heavy atom. The lowest BCUT2D eigenvalue weighted by atomic mass is 10.1. The minimum atomic E-state index is -2.30. The maximum absolute atomic E-state index is 12.7. The van der Waals surface area contributed by atoms with Crippen LogP contribution in [-0.4, -0.2) is 101 Å². The molecule has 2 aromatic heterocycles. The number of hydrogen-bond donors (Lipinski definition) is 2. The lowest BCUT2D eigenvalue weighted by molar-refractivity contribution is -0.135. The Hall–Kier alpha value is -4.60. The molecule has 6 rings (SSSR count). The highest BCUT2D eigenvalue weighted by Gasteiger charge is 2.24. The van der Waals surface area contributed by atoms with Gasteiger partial charge in [-0.25, -0.2) is 18.7 Å². The number of amides is 1. The summed E-state index contributed by atoms with van der Waals surface area (Å²) in [6, 6.07) is 17.7. The molecule has 0 aliphatic carbocycles. The maximum Gasteiger partial charge on any atom is 0.251 e. The molecule has 0 radical (unpaired) electrons. The summed E-state index contributed by atoms with van der Waals surface area (Å²) < 4.78 is 31.5. The lowest BCUT2D eigenvalue weighted by Crippen LogP contribution is -2.47. The predicted octanol–water partition coefficient (Wildman–Crippen LogP) is 3.91. The standard InChI is InChI=1S/C32H33F2N7O3/c33-29(34)19-39-11-13-40(14-12-39)25-4-1-21(2-5-25)27-16-24-18-36-31(38-32(24)37-27)22-3-6-28(23(15-22)17-35)44-26-7-9-41(10-8-26)30(43)20-42/h1-6,15-16,18,26,29,42H,7-14,19-20H2,(H,36,37,38). The number of benzene rings is 2. The number of carbonyl (C=O) groups is 1. The van der Waals surface area contributed by atoms with E-state index >= 15 is 0 Å². The highest BCUT2D eigenvalue weighted by Crippen LogP contribution is 2.30. The second-order valence-corrected chi connectivity index (χ2v) is 11.1. The number of nitriles is 1. The molecule has 2 fully saturated rings. The third-order valence-corrected chi connectivity index (χ3v) is 8.26. The number of aromatic nitrogens is 3. The van der Waals surface area contributed by atoms with Gasteiger partial charge in [0.2, 0.25) is 5.91 Å². The zero-order chi connectivity index (χ0) is 30.6. The first-order valence-corrected chi connectivity index (χ1v) is 14.7.